The molecule has 0 saturated carbocycles. The first-order valence-corrected chi connectivity index (χ1v) is 23.7. The second-order valence-electron chi connectivity index (χ2n) is 16.2. The van der Waals surface area contributed by atoms with Gasteiger partial charge in [0.1, 0.15) is 6.10 Å². The third kappa shape index (κ3) is 38.7. The van der Waals surface area contributed by atoms with Gasteiger partial charge in [0.05, 0.1) is 25.2 Å². The zero-order chi connectivity index (χ0) is 40.3. The lowest BCUT2D eigenvalue weighted by Gasteiger charge is -2.24. The van der Waals surface area contributed by atoms with Gasteiger partial charge in [-0.05, 0) is 70.6 Å². The van der Waals surface area contributed by atoms with Crippen LogP contribution in [0, 0.1) is 0 Å². The van der Waals surface area contributed by atoms with Gasteiger partial charge in [-0.3, -0.25) is 9.59 Å². The van der Waals surface area contributed by atoms with Crippen molar-refractivity contribution in [2.24, 2.45) is 0 Å². The second-order valence-corrected chi connectivity index (χ2v) is 16.2. The van der Waals surface area contributed by atoms with Crippen LogP contribution in [-0.4, -0.2) is 46.9 Å². The minimum absolute atomic E-state index is 0.0459. The van der Waals surface area contributed by atoms with Gasteiger partial charge in [0, 0.05) is 6.42 Å². The van der Waals surface area contributed by atoms with Gasteiger partial charge in [-0.1, -0.05) is 192 Å². The Kier molecular flexibility index (Phi) is 41.7. The average Bonchev–Trinajstić information content (AvgIpc) is 3.18. The minimum atomic E-state index is -0.796. The van der Waals surface area contributed by atoms with Crippen LogP contribution in [-0.2, 0) is 14.3 Å². The van der Waals surface area contributed by atoms with E-state index in [2.05, 4.69) is 56.5 Å². The van der Waals surface area contributed by atoms with Crippen LogP contribution < -0.4 is 5.32 Å². The van der Waals surface area contributed by atoms with Crippen LogP contribution in [0.4, 0.5) is 0 Å². The standard InChI is InChI=1S/C49H91NO5/c1-4-7-10-13-16-19-22-24-26-29-32-35-38-41-47(52)46(44-51)50-48(53)43-45(40-37-34-31-28-21-18-15-12-9-6-3)55-49(54)42-39-36-33-30-27-25-23-20-17-14-11-8-5-2/h18,21,25,27,33,36,45-47,51-52H,4-17,19-20,22-24,26,28-32,34-35,37-44H2,1-3H3,(H,50,53)/b21-18-,27-25-,36-33+. The van der Waals surface area contributed by atoms with Crippen LogP contribution in [0.3, 0.4) is 0 Å². The summed E-state index contributed by atoms with van der Waals surface area (Å²) in [7, 11) is 0. The average molecular weight is 774 g/mol. The molecule has 0 aliphatic rings. The van der Waals surface area contributed by atoms with E-state index < -0.39 is 18.2 Å². The Morgan fingerprint density at radius 3 is 1.45 bits per heavy atom. The van der Waals surface area contributed by atoms with Gasteiger partial charge in [0.15, 0.2) is 0 Å². The SMILES string of the molecule is CCCCC/C=C\CCCCCC(CC(=O)NC(CO)C(O)CCCCCCCCCCCCCCC)OC(=O)CC/C=C/C/C=C\CCCCCCCC. The first-order valence-electron chi connectivity index (χ1n) is 23.7. The Labute approximate surface area is 341 Å². The molecular formula is C49H91NO5. The van der Waals surface area contributed by atoms with Gasteiger partial charge in [0.2, 0.25) is 5.91 Å². The van der Waals surface area contributed by atoms with Gasteiger partial charge in [-0.15, -0.1) is 0 Å². The van der Waals surface area contributed by atoms with E-state index in [1.165, 1.54) is 122 Å². The minimum Gasteiger partial charge on any atom is -0.462 e. The Morgan fingerprint density at radius 1 is 0.527 bits per heavy atom. The maximum Gasteiger partial charge on any atom is 0.306 e. The highest BCUT2D eigenvalue weighted by Gasteiger charge is 2.24. The normalized spacial score (nSPS) is 13.6. The second kappa shape index (κ2) is 43.2. The lowest BCUT2D eigenvalue weighted by Crippen LogP contribution is -2.46. The third-order valence-electron chi connectivity index (χ3n) is 10.7. The summed E-state index contributed by atoms with van der Waals surface area (Å²) in [5.41, 5.74) is 0. The number of amides is 1. The number of aliphatic hydroxyl groups excluding tert-OH is 2. The van der Waals surface area contributed by atoms with E-state index in [-0.39, 0.29) is 31.3 Å². The molecule has 3 N–H and O–H groups in total. The van der Waals surface area contributed by atoms with E-state index in [9.17, 15) is 19.8 Å². The summed E-state index contributed by atoms with van der Waals surface area (Å²) < 4.78 is 5.85. The highest BCUT2D eigenvalue weighted by atomic mass is 16.5. The predicted octanol–water partition coefficient (Wildman–Crippen LogP) is 13.7. The molecule has 0 bridgehead atoms. The van der Waals surface area contributed by atoms with E-state index in [1.54, 1.807) is 0 Å². The van der Waals surface area contributed by atoms with E-state index in [1.807, 2.05) is 6.08 Å². The Balaban J connectivity index is 4.61. The molecule has 0 aliphatic heterocycles. The molecule has 55 heavy (non-hydrogen) atoms. The van der Waals surface area contributed by atoms with E-state index >= 15 is 0 Å². The van der Waals surface area contributed by atoms with Gasteiger partial charge < -0.3 is 20.3 Å². The summed E-state index contributed by atoms with van der Waals surface area (Å²) in [5, 5.41) is 23.6. The van der Waals surface area contributed by atoms with E-state index in [4.69, 9.17) is 4.74 Å². The summed E-state index contributed by atoms with van der Waals surface area (Å²) in [6.45, 7) is 6.42. The molecule has 0 heterocycles. The molecule has 0 rings (SSSR count). The van der Waals surface area contributed by atoms with Crippen molar-refractivity contribution in [3.05, 3.63) is 36.5 Å². The van der Waals surface area contributed by atoms with Gasteiger partial charge in [-0.25, -0.2) is 0 Å². The van der Waals surface area contributed by atoms with E-state index in [0.717, 1.165) is 64.2 Å². The maximum atomic E-state index is 13.1. The maximum absolute atomic E-state index is 13.1. The number of unbranched alkanes of at least 4 members (excludes halogenated alkanes) is 24. The van der Waals surface area contributed by atoms with Crippen LogP contribution in [0.2, 0.25) is 0 Å². The number of esters is 1. The fourth-order valence-electron chi connectivity index (χ4n) is 7.07. The monoisotopic (exact) mass is 774 g/mol. The molecule has 3 unspecified atom stereocenters. The molecule has 0 aromatic rings. The molecule has 3 atom stereocenters. The van der Waals surface area contributed by atoms with Crippen molar-refractivity contribution in [2.45, 2.75) is 257 Å². The van der Waals surface area contributed by atoms with Crippen molar-refractivity contribution in [3.63, 3.8) is 0 Å². The molecule has 0 saturated heterocycles. The molecule has 0 aliphatic carbocycles. The number of aliphatic hydroxyl groups is 2. The van der Waals surface area contributed by atoms with Crippen molar-refractivity contribution in [1.82, 2.24) is 5.32 Å². The van der Waals surface area contributed by atoms with Crippen LogP contribution in [0.25, 0.3) is 0 Å². The fraction of sp³-hybridized carbons (Fsp3) is 0.837. The molecule has 0 aromatic heterocycles. The fourth-order valence-corrected chi connectivity index (χ4v) is 7.07. The van der Waals surface area contributed by atoms with Crippen molar-refractivity contribution in [2.75, 3.05) is 6.61 Å². The van der Waals surface area contributed by atoms with Crippen molar-refractivity contribution in [3.8, 4) is 0 Å². The smallest absolute Gasteiger partial charge is 0.306 e. The molecule has 1 amide bonds. The van der Waals surface area contributed by atoms with Crippen LogP contribution in [0.15, 0.2) is 36.5 Å². The predicted molar refractivity (Wildman–Crippen MR) is 236 cm³/mol. The van der Waals surface area contributed by atoms with Gasteiger partial charge in [0.25, 0.3) is 0 Å². The number of carbonyl (C=O) groups is 2. The van der Waals surface area contributed by atoms with Crippen LogP contribution >= 0.6 is 0 Å². The number of rotatable bonds is 42. The highest BCUT2D eigenvalue weighted by Crippen LogP contribution is 2.17. The van der Waals surface area contributed by atoms with Crippen LogP contribution in [0.1, 0.15) is 239 Å². The van der Waals surface area contributed by atoms with Crippen molar-refractivity contribution >= 4 is 11.9 Å². The van der Waals surface area contributed by atoms with Gasteiger partial charge >= 0.3 is 5.97 Å². The Bertz CT molecular complexity index is 915. The highest BCUT2D eigenvalue weighted by molar-refractivity contribution is 5.77. The lowest BCUT2D eigenvalue weighted by molar-refractivity contribution is -0.150. The number of hydrogen-bond donors (Lipinski definition) is 3. The topological polar surface area (TPSA) is 95.9 Å². The lowest BCUT2D eigenvalue weighted by atomic mass is 10.0. The third-order valence-corrected chi connectivity index (χ3v) is 10.7. The number of nitrogens with one attached hydrogen (secondary N) is 1. The number of ether oxygens (including phenoxy) is 1. The molecule has 6 nitrogen and oxygen atoms in total. The molecule has 0 radical (unpaired) electrons. The molecular weight excluding hydrogens is 683 g/mol. The number of hydrogen-bond acceptors (Lipinski definition) is 5. The number of carbonyl (C=O) groups excluding carboxylic acids is 2. The van der Waals surface area contributed by atoms with Crippen molar-refractivity contribution < 1.29 is 24.5 Å². The number of allylic oxidation sites excluding steroid dienone is 6. The summed E-state index contributed by atoms with van der Waals surface area (Å²) in [6, 6.07) is -0.713. The first kappa shape index (κ1) is 53.1. The van der Waals surface area contributed by atoms with E-state index in [0.29, 0.717) is 19.3 Å². The first-order chi connectivity index (χ1) is 27.0. The Hall–Kier alpha value is -1.92. The molecule has 0 spiro atoms. The molecule has 322 valence electrons. The van der Waals surface area contributed by atoms with Crippen molar-refractivity contribution in [1.29, 1.82) is 0 Å². The zero-order valence-corrected chi connectivity index (χ0v) is 36.6. The quantitative estimate of drug-likeness (QED) is 0.0326. The van der Waals surface area contributed by atoms with Crippen LogP contribution in [0.5, 0.6) is 0 Å². The summed E-state index contributed by atoms with van der Waals surface area (Å²) in [4.78, 5) is 25.9. The molecule has 6 heteroatoms. The molecule has 0 fully saturated rings. The van der Waals surface area contributed by atoms with Gasteiger partial charge in [-0.2, -0.15) is 0 Å². The molecule has 0 aromatic carbocycles. The zero-order valence-electron chi connectivity index (χ0n) is 36.6. The summed E-state index contributed by atoms with van der Waals surface area (Å²) in [6.07, 6.45) is 49.3. The Morgan fingerprint density at radius 2 is 0.927 bits per heavy atom. The summed E-state index contributed by atoms with van der Waals surface area (Å²) in [5.74, 6) is -0.568. The largest absolute Gasteiger partial charge is 0.462 e. The summed E-state index contributed by atoms with van der Waals surface area (Å²) >= 11 is 0.